The number of halogens is 1. The van der Waals surface area contributed by atoms with Crippen molar-refractivity contribution < 1.29 is 4.39 Å². The number of hydrogen-bond donors (Lipinski definition) is 0. The van der Waals surface area contributed by atoms with Gasteiger partial charge in [0.1, 0.15) is 5.82 Å². The molecule has 14 heavy (non-hydrogen) atoms. The molecule has 74 valence electrons. The maximum atomic E-state index is 13.5. The van der Waals surface area contributed by atoms with Gasteiger partial charge in [-0.05, 0) is 25.0 Å². The molecule has 0 bridgehead atoms. The summed E-state index contributed by atoms with van der Waals surface area (Å²) in [6.07, 6.45) is 2.94. The van der Waals surface area contributed by atoms with Crippen LogP contribution in [0.25, 0.3) is 6.08 Å². The minimum atomic E-state index is -0.822. The normalized spacial score (nSPS) is 14.5. The second-order valence-corrected chi connectivity index (χ2v) is 7.28. The van der Waals surface area contributed by atoms with E-state index in [2.05, 4.69) is 20.0 Å². The zero-order valence-electron chi connectivity index (χ0n) is 8.89. The summed E-state index contributed by atoms with van der Waals surface area (Å²) in [7, 11) is -0.822. The van der Waals surface area contributed by atoms with Crippen LogP contribution in [0.4, 0.5) is 4.39 Å². The molecule has 1 aromatic rings. The molecule has 0 saturated carbocycles. The Morgan fingerprint density at radius 2 is 2.00 bits per heavy atom. The lowest BCUT2D eigenvalue weighted by atomic mass is 10.1. The van der Waals surface area contributed by atoms with Gasteiger partial charge in [0, 0.05) is 5.56 Å². The van der Waals surface area contributed by atoms with Crippen LogP contribution in [0, 0.1) is 5.82 Å². The fraction of sp³-hybridized carbons (Fsp3) is 0.333. The molecule has 1 aliphatic rings. The van der Waals surface area contributed by atoms with Gasteiger partial charge in [-0.15, -0.1) is 0 Å². The first-order valence-corrected chi connectivity index (χ1v) is 7.96. The molecule has 0 saturated heterocycles. The van der Waals surface area contributed by atoms with E-state index in [0.29, 0.717) is 0 Å². The van der Waals surface area contributed by atoms with Crippen LogP contribution in [0.2, 0.25) is 13.1 Å². The van der Waals surface area contributed by atoms with Gasteiger partial charge in [-0.25, -0.2) is 4.39 Å². The van der Waals surface area contributed by atoms with E-state index in [1.165, 1.54) is 16.3 Å². The summed E-state index contributed by atoms with van der Waals surface area (Å²) in [5.74, 6) is -0.0600. The van der Waals surface area contributed by atoms with Gasteiger partial charge in [0.25, 0.3) is 0 Å². The molecule has 0 amide bonds. The molecule has 0 fully saturated rings. The largest absolute Gasteiger partial charge is 0.206 e. The maximum absolute atomic E-state index is 13.5. The van der Waals surface area contributed by atoms with E-state index >= 15 is 0 Å². The van der Waals surface area contributed by atoms with Crippen LogP contribution < -0.4 is 5.19 Å². The Labute approximate surface area is 86.1 Å². The topological polar surface area (TPSA) is 0 Å². The monoisotopic (exact) mass is 206 g/mol. The van der Waals surface area contributed by atoms with Crippen LogP contribution >= 0.6 is 0 Å². The van der Waals surface area contributed by atoms with Gasteiger partial charge in [-0.1, -0.05) is 36.0 Å². The highest BCUT2D eigenvalue weighted by molar-refractivity contribution is 6.71. The van der Waals surface area contributed by atoms with E-state index in [-0.39, 0.29) is 5.82 Å². The van der Waals surface area contributed by atoms with Crippen molar-refractivity contribution in [3.05, 3.63) is 34.6 Å². The van der Waals surface area contributed by atoms with Crippen molar-refractivity contribution in [3.63, 3.8) is 0 Å². The van der Waals surface area contributed by atoms with Gasteiger partial charge in [0.05, 0.1) is 8.80 Å². The minimum absolute atomic E-state index is 0.0600. The quantitative estimate of drug-likeness (QED) is 0.619. The summed E-state index contributed by atoms with van der Waals surface area (Å²) < 4.78 is 13.5. The Kier molecular flexibility index (Phi) is 2.31. The van der Waals surface area contributed by atoms with Crippen molar-refractivity contribution in [1.82, 2.24) is 0 Å². The van der Waals surface area contributed by atoms with Gasteiger partial charge in [-0.3, -0.25) is 0 Å². The lowest BCUT2D eigenvalue weighted by Crippen LogP contribution is -2.27. The lowest BCUT2D eigenvalue weighted by molar-refractivity contribution is 0.624. The number of fused-ring (bicyclic) bond motifs is 1. The maximum Gasteiger partial charge on any atom is 0.130 e. The molecule has 1 aromatic carbocycles. The molecule has 0 nitrogen and oxygen atoms in total. The summed E-state index contributed by atoms with van der Waals surface area (Å²) >= 11 is 0. The Hall–Kier alpha value is -0.893. The molecule has 0 atom stereocenters. The Morgan fingerprint density at radius 3 is 2.64 bits per heavy atom. The second kappa shape index (κ2) is 3.35. The third-order valence-corrected chi connectivity index (χ3v) is 4.59. The van der Waals surface area contributed by atoms with E-state index < -0.39 is 8.80 Å². The van der Waals surface area contributed by atoms with Crippen LogP contribution in [0.3, 0.4) is 0 Å². The van der Waals surface area contributed by atoms with Crippen molar-refractivity contribution in [2.24, 2.45) is 0 Å². The molecule has 0 N–H and O–H groups in total. The molecule has 1 aliphatic carbocycles. The zero-order chi connectivity index (χ0) is 10.3. The fourth-order valence-corrected chi connectivity index (χ4v) is 3.56. The van der Waals surface area contributed by atoms with E-state index in [1.807, 2.05) is 12.1 Å². The molecule has 0 aliphatic heterocycles. The van der Waals surface area contributed by atoms with Crippen LogP contribution in [0.15, 0.2) is 17.7 Å². The smallest absolute Gasteiger partial charge is 0.130 e. The van der Waals surface area contributed by atoms with Crippen molar-refractivity contribution in [1.29, 1.82) is 0 Å². The van der Waals surface area contributed by atoms with Crippen LogP contribution in [-0.2, 0) is 6.42 Å². The van der Waals surface area contributed by atoms with E-state index in [4.69, 9.17) is 0 Å². The third-order valence-electron chi connectivity index (χ3n) is 2.81. The predicted octanol–water partition coefficient (Wildman–Crippen LogP) is 2.48. The first-order valence-electron chi connectivity index (χ1n) is 5.08. The summed E-state index contributed by atoms with van der Waals surface area (Å²) in [6.45, 7) is 6.66. The Bertz CT molecular complexity index is 405. The Balaban J connectivity index is 2.59. The van der Waals surface area contributed by atoms with E-state index in [1.54, 1.807) is 6.07 Å². The zero-order valence-corrected chi connectivity index (χ0v) is 10.0. The predicted molar refractivity (Wildman–Crippen MR) is 62.3 cm³/mol. The van der Waals surface area contributed by atoms with Crippen molar-refractivity contribution in [2.75, 3.05) is 0 Å². The SMILES string of the molecule is CC1=Cc2c(F)ccc([SiH](C)C)c2C1. The summed E-state index contributed by atoms with van der Waals surface area (Å²) in [4.78, 5) is 0. The molecule has 2 rings (SSSR count). The molecular weight excluding hydrogens is 191 g/mol. The standard InChI is InChI=1S/C12H15FSi/c1-8-6-9-10(7-8)12(14(2)3)5-4-11(9)13/h4-6,14H,7H2,1-3H3. The van der Waals surface area contributed by atoms with E-state index in [0.717, 1.165) is 12.0 Å². The fourth-order valence-electron chi connectivity index (χ4n) is 2.12. The van der Waals surface area contributed by atoms with Gasteiger partial charge < -0.3 is 0 Å². The Morgan fingerprint density at radius 1 is 1.29 bits per heavy atom. The number of rotatable bonds is 1. The third kappa shape index (κ3) is 1.44. The second-order valence-electron chi connectivity index (χ2n) is 4.35. The van der Waals surface area contributed by atoms with Gasteiger partial charge in [0.2, 0.25) is 0 Å². The highest BCUT2D eigenvalue weighted by Gasteiger charge is 2.18. The van der Waals surface area contributed by atoms with Gasteiger partial charge in [-0.2, -0.15) is 0 Å². The molecule has 0 unspecified atom stereocenters. The highest BCUT2D eigenvalue weighted by Crippen LogP contribution is 2.25. The average molecular weight is 206 g/mol. The van der Waals surface area contributed by atoms with Crippen LogP contribution in [-0.4, -0.2) is 8.80 Å². The number of benzene rings is 1. The number of hydrogen-bond acceptors (Lipinski definition) is 0. The lowest BCUT2D eigenvalue weighted by Gasteiger charge is -2.11. The van der Waals surface area contributed by atoms with Crippen LogP contribution in [0.5, 0.6) is 0 Å². The summed E-state index contributed by atoms with van der Waals surface area (Å²) in [5.41, 5.74) is 3.38. The first-order chi connectivity index (χ1) is 6.59. The molecule has 0 radical (unpaired) electrons. The van der Waals surface area contributed by atoms with Crippen molar-refractivity contribution >= 4 is 20.1 Å². The highest BCUT2D eigenvalue weighted by atomic mass is 28.3. The molecular formula is C12H15FSi. The van der Waals surface area contributed by atoms with Crippen molar-refractivity contribution in [3.8, 4) is 0 Å². The summed E-state index contributed by atoms with van der Waals surface area (Å²) in [5, 5.41) is 1.43. The van der Waals surface area contributed by atoms with Gasteiger partial charge >= 0.3 is 0 Å². The van der Waals surface area contributed by atoms with E-state index in [9.17, 15) is 4.39 Å². The summed E-state index contributed by atoms with van der Waals surface area (Å²) in [6, 6.07) is 3.60. The first kappa shape index (κ1) is 9.65. The van der Waals surface area contributed by atoms with Crippen LogP contribution in [0.1, 0.15) is 18.1 Å². The number of allylic oxidation sites excluding steroid dienone is 1. The van der Waals surface area contributed by atoms with Gasteiger partial charge in [0.15, 0.2) is 0 Å². The molecule has 2 heteroatoms. The molecule has 0 heterocycles. The minimum Gasteiger partial charge on any atom is -0.206 e. The average Bonchev–Trinajstić information content (AvgIpc) is 2.47. The molecule has 0 aromatic heterocycles. The van der Waals surface area contributed by atoms with Crippen molar-refractivity contribution in [2.45, 2.75) is 26.4 Å². The molecule has 0 spiro atoms.